The first-order valence-electron chi connectivity index (χ1n) is 28.3. The van der Waals surface area contributed by atoms with E-state index in [1.165, 1.54) is 6.08 Å². The van der Waals surface area contributed by atoms with Gasteiger partial charge in [-0.05, 0) is 90.2 Å². The normalized spacial score (nSPS) is 49.5. The van der Waals surface area contributed by atoms with Gasteiger partial charge >= 0.3 is 59.1 Å². The maximum Gasteiger partial charge on any atom is 1.00 e. The molecule has 446 valence electrons. The van der Waals surface area contributed by atoms with Crippen molar-refractivity contribution in [3.8, 4) is 0 Å². The van der Waals surface area contributed by atoms with E-state index in [4.69, 9.17) is 56.3 Å². The summed E-state index contributed by atoms with van der Waals surface area (Å²) in [5, 5.41) is 34.1. The first-order chi connectivity index (χ1) is 36.9. The van der Waals surface area contributed by atoms with Gasteiger partial charge in [-0.3, -0.25) is 8.37 Å². The van der Waals surface area contributed by atoms with Crippen LogP contribution < -0.4 is 59.1 Å². The molecule has 0 aromatic heterocycles. The molecule has 0 bridgehead atoms. The van der Waals surface area contributed by atoms with Crippen molar-refractivity contribution in [2.24, 2.45) is 5.92 Å². The van der Waals surface area contributed by atoms with Crippen LogP contribution in [0.2, 0.25) is 0 Å². The average Bonchev–Trinajstić information content (AvgIpc) is 3.84. The van der Waals surface area contributed by atoms with Crippen LogP contribution in [0.25, 0.3) is 0 Å². The summed E-state index contributed by atoms with van der Waals surface area (Å²) in [6.45, 7) is 22.7. The fraction of sp³-hybridized carbons (Fsp3) is 0.855. The fourth-order valence-electron chi connectivity index (χ4n) is 15.5. The van der Waals surface area contributed by atoms with Crippen LogP contribution >= 0.6 is 0 Å². The summed E-state index contributed by atoms with van der Waals surface area (Å²) in [6, 6.07) is 0. The summed E-state index contributed by atoms with van der Waals surface area (Å²) < 4.78 is 154. The van der Waals surface area contributed by atoms with Gasteiger partial charge in [0.05, 0.1) is 127 Å². The molecular formula is C55H80Na2O22S2. The van der Waals surface area contributed by atoms with Crippen molar-refractivity contribution in [3.63, 3.8) is 0 Å². The second-order valence-electron chi connectivity index (χ2n) is 25.6. The van der Waals surface area contributed by atoms with Crippen LogP contribution in [0.5, 0.6) is 0 Å². The van der Waals surface area contributed by atoms with Crippen molar-refractivity contribution in [2.75, 3.05) is 6.61 Å². The van der Waals surface area contributed by atoms with E-state index in [1.807, 2.05) is 6.92 Å². The van der Waals surface area contributed by atoms with Gasteiger partial charge in [0.2, 0.25) is 20.8 Å². The van der Waals surface area contributed by atoms with Gasteiger partial charge in [0.1, 0.15) is 35.6 Å². The summed E-state index contributed by atoms with van der Waals surface area (Å²) in [6.07, 6.45) is -1.86. The molecule has 22 nitrogen and oxygen atoms in total. The molecule has 11 rings (SSSR count). The standard InChI is InChI=1S/C55H82O22S2.2Na/c1-10-30(56)27(2)12-15-51(5,58)50-28(3)18-39-38(72-50)24-46-55(9,75-39)49(57)48-42(71-46)22-41-47(73-48)29(4)26-54(8)44(70-41)25-43-53(7,77-54)16-13-31-32(69-43)19-34-33(66-31)20-35-36(67-34)21-40-37(68-35)23-45(76-79(62,63)64)52(6,74-40)14-11-17-65-78(59,60)61;;/h10,12,15,29-50,56-58H,1-3,11,13-14,16-26H2,4-9H3,(H,59,60,61)(H,62,63,64);;/q;2*+1/p-2/b15-12+;;/t29-,30?,31-,32+,33+,34-,35-,36+,37+,38+,39-,40-,41-,42+,43-,44+,45-,46-,47+,48+,49+,50-,51+,52+,53+,54-,55-;;/m0../s1. The molecule has 0 amide bonds. The Morgan fingerprint density at radius 1 is 0.741 bits per heavy atom. The van der Waals surface area contributed by atoms with E-state index >= 15 is 0 Å². The Bertz CT molecular complexity index is 2600. The second kappa shape index (κ2) is 24.2. The third kappa shape index (κ3) is 13.1. The molecule has 0 aromatic carbocycles. The molecule has 3 N–H and O–H groups in total. The van der Waals surface area contributed by atoms with Crippen LogP contribution in [0.3, 0.4) is 0 Å². The Labute approximate surface area is 520 Å². The van der Waals surface area contributed by atoms with Gasteiger partial charge in [0.25, 0.3) is 0 Å². The second-order valence-corrected chi connectivity index (χ2v) is 27.7. The van der Waals surface area contributed by atoms with E-state index in [9.17, 15) is 41.3 Å². The molecule has 0 spiro atoms. The first-order valence-corrected chi connectivity index (χ1v) is 30.9. The van der Waals surface area contributed by atoms with Crippen molar-refractivity contribution in [3.05, 3.63) is 49.1 Å². The maximum atomic E-state index is 12.3. The third-order valence-electron chi connectivity index (χ3n) is 19.6. The van der Waals surface area contributed by atoms with E-state index in [1.54, 1.807) is 26.0 Å². The monoisotopic (exact) mass is 1200 g/mol. The van der Waals surface area contributed by atoms with Gasteiger partial charge in [-0.25, -0.2) is 16.8 Å². The van der Waals surface area contributed by atoms with Gasteiger partial charge in [-0.1, -0.05) is 38.3 Å². The Balaban J connectivity index is 0.00000396. The molecule has 1 unspecified atom stereocenters. The quantitative estimate of drug-likeness (QED) is 0.0449. The number of aliphatic hydroxyl groups is 3. The van der Waals surface area contributed by atoms with Crippen molar-refractivity contribution >= 4 is 20.8 Å². The molecule has 81 heavy (non-hydrogen) atoms. The van der Waals surface area contributed by atoms with E-state index in [-0.39, 0.29) is 127 Å². The zero-order valence-electron chi connectivity index (χ0n) is 47.9. The molecule has 0 radical (unpaired) electrons. The number of rotatable bonds is 12. The fourth-order valence-corrected chi connectivity index (χ4v) is 16.4. The smallest absolute Gasteiger partial charge is 0.726 e. The summed E-state index contributed by atoms with van der Waals surface area (Å²) in [4.78, 5) is 0. The van der Waals surface area contributed by atoms with Crippen LogP contribution in [0.1, 0.15) is 125 Å². The van der Waals surface area contributed by atoms with Crippen LogP contribution in [-0.4, -0.2) is 204 Å². The SMILES string of the molecule is C=CC(O)C(=C)/C=C/[C@@](C)(O)[C@H]1O[C@@H]2C[C@@H]3O[C@@H]4C[C@@H]5O[C@@H]6C[C@@H]7O[C@@H]8C[C@@H]9O[C@@H]%10C[C@@H]%11O[C@](C)(CCCOS(=O)(=O)[O-])[C@@H](OS(=O)(=O)[O-])C[C@H]%11O[C@H]%10C[C@H]9O[C@H]8CC[C@@]7(C)O[C@@]6(C)C[C@H](C)[C@H]5O[C@H]4[C@@H](O)[C@@]3(C)O[C@H]2CC1=C.[Na+].[Na+]. The molecule has 11 saturated heterocycles. The van der Waals surface area contributed by atoms with Crippen LogP contribution in [-0.2, 0) is 81.3 Å². The number of hydrogen-bond donors (Lipinski definition) is 3. The molecular weight excluding hydrogens is 1120 g/mol. The van der Waals surface area contributed by atoms with E-state index < -0.39 is 141 Å². The number of aliphatic hydroxyl groups excluding tert-OH is 2. The molecule has 11 aliphatic rings. The molecule has 0 saturated carbocycles. The van der Waals surface area contributed by atoms with E-state index in [0.717, 1.165) is 0 Å². The van der Waals surface area contributed by atoms with Gasteiger partial charge in [-0.15, -0.1) is 6.58 Å². The van der Waals surface area contributed by atoms with Gasteiger partial charge in [0.15, 0.2) is 0 Å². The Morgan fingerprint density at radius 3 is 1.96 bits per heavy atom. The molecule has 11 aliphatic heterocycles. The third-order valence-corrected chi connectivity index (χ3v) is 20.6. The van der Waals surface area contributed by atoms with Crippen LogP contribution in [0.15, 0.2) is 49.1 Å². The van der Waals surface area contributed by atoms with Crippen molar-refractivity contribution in [1.29, 1.82) is 0 Å². The van der Waals surface area contributed by atoms with E-state index in [2.05, 4.69) is 44.7 Å². The molecule has 11 fully saturated rings. The summed E-state index contributed by atoms with van der Waals surface area (Å²) in [5.41, 5.74) is -4.39. The van der Waals surface area contributed by atoms with Crippen LogP contribution in [0, 0.1) is 5.92 Å². The van der Waals surface area contributed by atoms with Crippen LogP contribution in [0.4, 0.5) is 0 Å². The molecule has 0 aromatic rings. The Kier molecular flexibility index (Phi) is 19.6. The summed E-state index contributed by atoms with van der Waals surface area (Å²) in [5.74, 6) is -0.0309. The summed E-state index contributed by atoms with van der Waals surface area (Å²) >= 11 is 0. The van der Waals surface area contributed by atoms with Crippen molar-refractivity contribution < 1.29 is 161 Å². The largest absolute Gasteiger partial charge is 1.00 e. The number of fused-ring (bicyclic) bond motifs is 10. The number of hydrogen-bond acceptors (Lipinski definition) is 22. The topological polar surface area (TPSA) is 295 Å². The molecule has 11 heterocycles. The minimum Gasteiger partial charge on any atom is -0.726 e. The minimum absolute atomic E-state index is 0. The average molecular weight is 1200 g/mol. The predicted octanol–water partition coefficient (Wildman–Crippen LogP) is -2.65. The van der Waals surface area contributed by atoms with Gasteiger partial charge in [0, 0.05) is 44.9 Å². The molecule has 0 aliphatic carbocycles. The summed E-state index contributed by atoms with van der Waals surface area (Å²) in [7, 11) is -10.1. The zero-order chi connectivity index (χ0) is 56.6. The molecule has 27 atom stereocenters. The predicted molar refractivity (Wildman–Crippen MR) is 273 cm³/mol. The maximum absolute atomic E-state index is 12.3. The van der Waals surface area contributed by atoms with Gasteiger partial charge in [-0.2, -0.15) is 0 Å². The van der Waals surface area contributed by atoms with Gasteiger partial charge < -0.3 is 76.5 Å². The Morgan fingerprint density at radius 2 is 1.31 bits per heavy atom. The van der Waals surface area contributed by atoms with Crippen molar-refractivity contribution in [1.82, 2.24) is 0 Å². The Hall–Kier alpha value is 0.140. The molecule has 26 heteroatoms. The van der Waals surface area contributed by atoms with E-state index in [0.29, 0.717) is 75.4 Å². The first kappa shape index (κ1) is 65.6. The zero-order valence-corrected chi connectivity index (χ0v) is 53.5. The van der Waals surface area contributed by atoms with Crippen molar-refractivity contribution in [2.45, 2.75) is 281 Å². The minimum atomic E-state index is -5.17. The number of ether oxygens (including phenoxy) is 11.